The number of rotatable bonds is 3. The molecule has 0 saturated carbocycles. The van der Waals surface area contributed by atoms with Gasteiger partial charge in [-0.2, -0.15) is 0 Å². The number of ether oxygens (including phenoxy) is 1. The average molecular weight is 519 g/mol. The highest BCUT2D eigenvalue weighted by Gasteiger charge is 2.59. The number of carbonyl (C=O) groups is 1. The summed E-state index contributed by atoms with van der Waals surface area (Å²) >= 11 is 24.6. The zero-order valence-corrected chi connectivity index (χ0v) is 20.4. The molecule has 0 aromatic heterocycles. The first-order chi connectivity index (χ1) is 15.8. The molecular weight excluding hydrogens is 501 g/mol. The van der Waals surface area contributed by atoms with Gasteiger partial charge < -0.3 is 15.4 Å². The smallest absolute Gasteiger partial charge is 0.236 e. The molecule has 9 heteroatoms. The van der Waals surface area contributed by atoms with E-state index in [-0.39, 0.29) is 5.91 Å². The Balaban J connectivity index is 1.64. The standard InChI is InChI=1S/C24H18Cl3N3O2S/c1-24-19(22(31)28-15-9-7-13(25)8-10-15)20(17-11-14(26)12-18(27)21(17)32-24)29-23(33)30(24)16-5-3-2-4-6-16/h2-12,19-20H,1H3,(H,28,31)(H,29,33). The van der Waals surface area contributed by atoms with Crippen molar-refractivity contribution in [1.29, 1.82) is 0 Å². The first-order valence-corrected chi connectivity index (χ1v) is 11.7. The van der Waals surface area contributed by atoms with Gasteiger partial charge >= 0.3 is 0 Å². The van der Waals surface area contributed by atoms with Crippen molar-refractivity contribution >= 4 is 69.4 Å². The Morgan fingerprint density at radius 2 is 1.76 bits per heavy atom. The van der Waals surface area contributed by atoms with Crippen LogP contribution in [-0.2, 0) is 4.79 Å². The van der Waals surface area contributed by atoms with E-state index in [0.29, 0.717) is 37.2 Å². The van der Waals surface area contributed by atoms with Crippen LogP contribution in [0.2, 0.25) is 15.1 Å². The third-order valence-electron chi connectivity index (χ3n) is 5.93. The van der Waals surface area contributed by atoms with Crippen LogP contribution in [0.4, 0.5) is 11.4 Å². The molecule has 2 aliphatic heterocycles. The minimum absolute atomic E-state index is 0.248. The molecule has 3 aromatic carbocycles. The molecule has 0 aliphatic carbocycles. The number of para-hydroxylation sites is 1. The maximum absolute atomic E-state index is 13.7. The van der Waals surface area contributed by atoms with Crippen molar-refractivity contribution in [3.63, 3.8) is 0 Å². The van der Waals surface area contributed by atoms with Crippen LogP contribution >= 0.6 is 47.0 Å². The van der Waals surface area contributed by atoms with Gasteiger partial charge in [-0.15, -0.1) is 0 Å². The number of fused-ring (bicyclic) bond motifs is 4. The summed E-state index contributed by atoms with van der Waals surface area (Å²) in [7, 11) is 0. The number of nitrogens with one attached hydrogen (secondary N) is 2. The maximum Gasteiger partial charge on any atom is 0.236 e. The van der Waals surface area contributed by atoms with Gasteiger partial charge in [-0.3, -0.25) is 9.69 Å². The highest BCUT2D eigenvalue weighted by molar-refractivity contribution is 7.80. The molecule has 1 fully saturated rings. The predicted molar refractivity (Wildman–Crippen MR) is 136 cm³/mol. The highest BCUT2D eigenvalue weighted by atomic mass is 35.5. The topological polar surface area (TPSA) is 53.6 Å². The quantitative estimate of drug-likeness (QED) is 0.391. The van der Waals surface area contributed by atoms with Gasteiger partial charge in [0, 0.05) is 27.0 Å². The van der Waals surface area contributed by atoms with Gasteiger partial charge in [0.05, 0.1) is 11.1 Å². The second-order valence-electron chi connectivity index (χ2n) is 8.03. The van der Waals surface area contributed by atoms with Crippen molar-refractivity contribution < 1.29 is 9.53 Å². The van der Waals surface area contributed by atoms with Crippen LogP contribution in [0.1, 0.15) is 18.5 Å². The largest absolute Gasteiger partial charge is 0.465 e. The van der Waals surface area contributed by atoms with Crippen molar-refractivity contribution in [2.24, 2.45) is 5.92 Å². The SMILES string of the molecule is CC12Oc3c(Cl)cc(Cl)cc3C(NC(=S)N1c1ccccc1)C2C(=O)Nc1ccc(Cl)cc1. The first kappa shape index (κ1) is 22.3. The lowest BCUT2D eigenvalue weighted by atomic mass is 9.78. The van der Waals surface area contributed by atoms with Gasteiger partial charge in [0.2, 0.25) is 5.91 Å². The molecule has 1 saturated heterocycles. The van der Waals surface area contributed by atoms with Crippen molar-refractivity contribution in [1.82, 2.24) is 5.32 Å². The second kappa shape index (κ2) is 8.37. The number of nitrogens with zero attached hydrogens (tertiary/aromatic N) is 1. The fourth-order valence-electron chi connectivity index (χ4n) is 4.52. The number of amides is 1. The highest BCUT2D eigenvalue weighted by Crippen LogP contribution is 2.52. The molecular formula is C24H18Cl3N3O2S. The van der Waals surface area contributed by atoms with Gasteiger partial charge in [0.25, 0.3) is 0 Å². The second-order valence-corrected chi connectivity index (χ2v) is 9.70. The number of halogens is 3. The van der Waals surface area contributed by atoms with E-state index in [4.69, 9.17) is 51.8 Å². The number of anilines is 2. The van der Waals surface area contributed by atoms with Crippen LogP contribution in [-0.4, -0.2) is 16.7 Å². The van der Waals surface area contributed by atoms with Crippen molar-refractivity contribution in [3.8, 4) is 5.75 Å². The Labute approximate surface area is 211 Å². The molecule has 5 rings (SSSR count). The number of benzene rings is 3. The molecule has 3 unspecified atom stereocenters. The van der Waals surface area contributed by atoms with Gasteiger partial charge in [0.1, 0.15) is 11.7 Å². The Morgan fingerprint density at radius 1 is 1.06 bits per heavy atom. The van der Waals surface area contributed by atoms with E-state index in [1.54, 1.807) is 36.4 Å². The lowest BCUT2D eigenvalue weighted by Gasteiger charge is -2.56. The van der Waals surface area contributed by atoms with Crippen LogP contribution < -0.4 is 20.3 Å². The minimum atomic E-state index is -1.17. The van der Waals surface area contributed by atoms with E-state index in [1.165, 1.54) is 0 Å². The zero-order valence-electron chi connectivity index (χ0n) is 17.3. The molecule has 0 radical (unpaired) electrons. The third-order valence-corrected chi connectivity index (χ3v) is 6.98. The molecule has 1 amide bonds. The molecule has 2 bridgehead atoms. The predicted octanol–water partition coefficient (Wildman–Crippen LogP) is 6.45. The normalized spacial score (nSPS) is 23.3. The number of hydrogen-bond acceptors (Lipinski definition) is 3. The number of thiocarbonyl (C=S) groups is 1. The van der Waals surface area contributed by atoms with Gasteiger partial charge in [-0.25, -0.2) is 0 Å². The van der Waals surface area contributed by atoms with Crippen molar-refractivity contribution in [2.75, 3.05) is 10.2 Å². The fraction of sp³-hybridized carbons (Fsp3) is 0.167. The summed E-state index contributed by atoms with van der Waals surface area (Å²) < 4.78 is 6.53. The summed E-state index contributed by atoms with van der Waals surface area (Å²) in [6.45, 7) is 1.85. The summed E-state index contributed by atoms with van der Waals surface area (Å²) in [6, 6.07) is 19.3. The minimum Gasteiger partial charge on any atom is -0.465 e. The monoisotopic (exact) mass is 517 g/mol. The lowest BCUT2D eigenvalue weighted by Crippen LogP contribution is -2.72. The van der Waals surface area contributed by atoms with Crippen molar-refractivity contribution in [3.05, 3.63) is 87.4 Å². The van der Waals surface area contributed by atoms with Gasteiger partial charge in [-0.1, -0.05) is 53.0 Å². The molecule has 3 aromatic rings. The van der Waals surface area contributed by atoms with Gasteiger partial charge in [0.15, 0.2) is 10.8 Å². The van der Waals surface area contributed by atoms with E-state index >= 15 is 0 Å². The lowest BCUT2D eigenvalue weighted by molar-refractivity contribution is -0.130. The summed E-state index contributed by atoms with van der Waals surface area (Å²) in [4.78, 5) is 15.6. The van der Waals surface area contributed by atoms with Crippen molar-refractivity contribution in [2.45, 2.75) is 18.7 Å². The fourth-order valence-corrected chi connectivity index (χ4v) is 5.61. The van der Waals surface area contributed by atoms with E-state index in [2.05, 4.69) is 10.6 Å². The van der Waals surface area contributed by atoms with Crippen LogP contribution in [0.5, 0.6) is 5.75 Å². The molecule has 0 spiro atoms. The van der Waals surface area contributed by atoms with Gasteiger partial charge in [-0.05, 0) is 67.7 Å². The molecule has 33 heavy (non-hydrogen) atoms. The van der Waals surface area contributed by atoms with Crippen LogP contribution in [0, 0.1) is 5.92 Å². The Kier molecular flexibility index (Phi) is 5.65. The number of hydrogen-bond donors (Lipinski definition) is 2. The van der Waals surface area contributed by atoms with Crippen LogP contribution in [0.25, 0.3) is 0 Å². The molecule has 5 nitrogen and oxygen atoms in total. The molecule has 3 atom stereocenters. The molecule has 2 heterocycles. The summed E-state index contributed by atoms with van der Waals surface area (Å²) in [6.07, 6.45) is 0. The van der Waals surface area contributed by atoms with Crippen LogP contribution in [0.3, 0.4) is 0 Å². The maximum atomic E-state index is 13.7. The van der Waals surface area contributed by atoms with E-state index in [0.717, 1.165) is 5.69 Å². The summed E-state index contributed by atoms with van der Waals surface area (Å²) in [5.41, 5.74) is 0.912. The molecule has 2 N–H and O–H groups in total. The van der Waals surface area contributed by atoms with E-state index in [9.17, 15) is 4.79 Å². The molecule has 2 aliphatic rings. The van der Waals surface area contributed by atoms with E-state index < -0.39 is 17.7 Å². The summed E-state index contributed by atoms with van der Waals surface area (Å²) in [5, 5.41) is 8.15. The van der Waals surface area contributed by atoms with E-state index in [1.807, 2.05) is 42.2 Å². The Hall–Kier alpha value is -2.51. The third kappa shape index (κ3) is 3.81. The zero-order chi connectivity index (χ0) is 23.3. The first-order valence-electron chi connectivity index (χ1n) is 10.2. The Morgan fingerprint density at radius 3 is 2.45 bits per heavy atom. The molecule has 168 valence electrons. The summed E-state index contributed by atoms with van der Waals surface area (Å²) in [5.74, 6) is -0.482. The average Bonchev–Trinajstić information content (AvgIpc) is 2.76. The Bertz CT molecular complexity index is 1260. The number of carbonyl (C=O) groups excluding carboxylic acids is 1. The van der Waals surface area contributed by atoms with Crippen LogP contribution in [0.15, 0.2) is 66.7 Å².